The average molecular weight is 467 g/mol. The highest BCUT2D eigenvalue weighted by molar-refractivity contribution is 7.90. The van der Waals surface area contributed by atoms with Crippen molar-refractivity contribution in [1.82, 2.24) is 4.98 Å². The van der Waals surface area contributed by atoms with E-state index in [1.807, 2.05) is 19.1 Å². The van der Waals surface area contributed by atoms with Crippen LogP contribution in [0.3, 0.4) is 0 Å². The summed E-state index contributed by atoms with van der Waals surface area (Å²) in [5.41, 5.74) is 3.55. The molecular weight excluding hydrogens is 447 g/mol. The summed E-state index contributed by atoms with van der Waals surface area (Å²) >= 11 is 1.26. The molecule has 162 valence electrons. The number of carbonyl (C=O) groups excluding carboxylic acids is 1. The van der Waals surface area contributed by atoms with Crippen LogP contribution in [0.15, 0.2) is 77.7 Å². The maximum absolute atomic E-state index is 13.4. The molecule has 3 aromatic carbocycles. The summed E-state index contributed by atoms with van der Waals surface area (Å²) in [5, 5.41) is 3.21. The Morgan fingerprint density at radius 3 is 2.09 bits per heavy atom. The van der Waals surface area contributed by atoms with E-state index in [0.717, 1.165) is 22.3 Å². The molecule has 32 heavy (non-hydrogen) atoms. The Kier molecular flexibility index (Phi) is 5.90. The van der Waals surface area contributed by atoms with Gasteiger partial charge in [0.2, 0.25) is 0 Å². The molecular formula is C24H19FN2O3S2. The fraction of sp³-hybridized carbons (Fsp3) is 0.0833. The minimum atomic E-state index is -3.32. The predicted octanol–water partition coefficient (Wildman–Crippen LogP) is 5.58. The van der Waals surface area contributed by atoms with E-state index in [2.05, 4.69) is 10.3 Å². The van der Waals surface area contributed by atoms with E-state index in [9.17, 15) is 17.6 Å². The smallest absolute Gasteiger partial charge is 0.257 e. The number of rotatable bonds is 5. The van der Waals surface area contributed by atoms with Gasteiger partial charge in [-0.15, -0.1) is 0 Å². The minimum absolute atomic E-state index is 0.210. The van der Waals surface area contributed by atoms with Crippen LogP contribution >= 0.6 is 11.3 Å². The lowest BCUT2D eigenvalue weighted by molar-refractivity contribution is 0.102. The lowest BCUT2D eigenvalue weighted by Crippen LogP contribution is -2.11. The number of thiazole rings is 1. The Labute approximate surface area is 189 Å². The number of sulfone groups is 1. The molecule has 0 unspecified atom stereocenters. The van der Waals surface area contributed by atoms with Gasteiger partial charge in [-0.2, -0.15) is 0 Å². The third-order valence-electron chi connectivity index (χ3n) is 4.82. The van der Waals surface area contributed by atoms with Crippen LogP contribution < -0.4 is 5.32 Å². The van der Waals surface area contributed by atoms with Crippen LogP contribution in [-0.4, -0.2) is 25.6 Å². The molecule has 1 heterocycles. The molecule has 4 rings (SSSR count). The Bertz CT molecular complexity index is 1380. The molecule has 0 bridgehead atoms. The van der Waals surface area contributed by atoms with E-state index >= 15 is 0 Å². The monoisotopic (exact) mass is 466 g/mol. The minimum Gasteiger partial charge on any atom is -0.298 e. The second kappa shape index (κ2) is 8.64. The third-order valence-corrected chi connectivity index (χ3v) is 6.97. The fourth-order valence-electron chi connectivity index (χ4n) is 3.10. The van der Waals surface area contributed by atoms with Gasteiger partial charge in [-0.1, -0.05) is 41.2 Å². The van der Waals surface area contributed by atoms with E-state index in [4.69, 9.17) is 0 Å². The molecule has 1 amide bonds. The Morgan fingerprint density at radius 2 is 1.50 bits per heavy atom. The van der Waals surface area contributed by atoms with Crippen molar-refractivity contribution in [2.24, 2.45) is 0 Å². The second-order valence-electron chi connectivity index (χ2n) is 7.32. The zero-order chi connectivity index (χ0) is 22.9. The first-order valence-electron chi connectivity index (χ1n) is 9.66. The molecule has 0 spiro atoms. The van der Waals surface area contributed by atoms with Gasteiger partial charge in [0.15, 0.2) is 15.0 Å². The van der Waals surface area contributed by atoms with Crippen molar-refractivity contribution >= 4 is 32.2 Å². The summed E-state index contributed by atoms with van der Waals surface area (Å²) in [6, 6.07) is 19.6. The maximum Gasteiger partial charge on any atom is 0.257 e. The highest BCUT2D eigenvalue weighted by atomic mass is 32.2. The summed E-state index contributed by atoms with van der Waals surface area (Å²) in [6.07, 6.45) is 1.15. The normalized spacial score (nSPS) is 11.3. The van der Waals surface area contributed by atoms with Gasteiger partial charge >= 0.3 is 0 Å². The number of anilines is 1. The van der Waals surface area contributed by atoms with Crippen molar-refractivity contribution in [3.05, 3.63) is 89.7 Å². The van der Waals surface area contributed by atoms with Gasteiger partial charge in [-0.05, 0) is 61.0 Å². The molecule has 0 atom stereocenters. The molecule has 1 aromatic heterocycles. The second-order valence-corrected chi connectivity index (χ2v) is 10.3. The number of nitrogens with zero attached hydrogens (tertiary/aromatic N) is 1. The fourth-order valence-corrected chi connectivity index (χ4v) is 4.72. The van der Waals surface area contributed by atoms with Crippen molar-refractivity contribution in [2.75, 3.05) is 11.6 Å². The third kappa shape index (κ3) is 4.76. The van der Waals surface area contributed by atoms with Crippen LogP contribution in [0.25, 0.3) is 21.7 Å². The largest absolute Gasteiger partial charge is 0.298 e. The Balaban J connectivity index is 1.74. The molecule has 0 saturated carbocycles. The first-order valence-corrected chi connectivity index (χ1v) is 12.4. The highest BCUT2D eigenvalue weighted by Crippen LogP contribution is 2.39. The van der Waals surface area contributed by atoms with Crippen LogP contribution in [0.1, 0.15) is 15.9 Å². The van der Waals surface area contributed by atoms with E-state index in [0.29, 0.717) is 22.0 Å². The van der Waals surface area contributed by atoms with Crippen LogP contribution in [0.4, 0.5) is 9.52 Å². The number of nitrogens with one attached hydrogen (secondary N) is 1. The number of aryl methyl sites for hydroxylation is 1. The highest BCUT2D eigenvalue weighted by Gasteiger charge is 2.18. The molecule has 5 nitrogen and oxygen atoms in total. The first-order chi connectivity index (χ1) is 15.2. The number of aromatic nitrogens is 1. The van der Waals surface area contributed by atoms with Crippen LogP contribution in [0.2, 0.25) is 0 Å². The summed E-state index contributed by atoms with van der Waals surface area (Å²) < 4.78 is 37.0. The van der Waals surface area contributed by atoms with E-state index < -0.39 is 9.84 Å². The number of hydrogen-bond acceptors (Lipinski definition) is 5. The number of amides is 1. The van der Waals surface area contributed by atoms with Crippen LogP contribution in [0, 0.1) is 12.7 Å². The zero-order valence-corrected chi connectivity index (χ0v) is 18.9. The van der Waals surface area contributed by atoms with Crippen molar-refractivity contribution in [3.63, 3.8) is 0 Å². The SMILES string of the molecule is Cc1ccc(C(=O)Nc2nc(-c3ccc(F)cc3)c(-c3ccc(S(C)(=O)=O)cc3)s2)cc1. The zero-order valence-electron chi connectivity index (χ0n) is 17.3. The van der Waals surface area contributed by atoms with Crippen LogP contribution in [-0.2, 0) is 9.84 Å². The van der Waals surface area contributed by atoms with Gasteiger partial charge in [0, 0.05) is 17.4 Å². The molecule has 1 N–H and O–H groups in total. The van der Waals surface area contributed by atoms with E-state index in [1.54, 1.807) is 36.4 Å². The summed E-state index contributed by atoms with van der Waals surface area (Å²) in [5.74, 6) is -0.653. The van der Waals surface area contributed by atoms with Gasteiger partial charge in [0.05, 0.1) is 15.5 Å². The van der Waals surface area contributed by atoms with Gasteiger partial charge < -0.3 is 0 Å². The maximum atomic E-state index is 13.4. The van der Waals surface area contributed by atoms with Gasteiger partial charge in [0.25, 0.3) is 5.91 Å². The van der Waals surface area contributed by atoms with Crippen LogP contribution in [0.5, 0.6) is 0 Å². The lowest BCUT2D eigenvalue weighted by atomic mass is 10.1. The van der Waals surface area contributed by atoms with Gasteiger partial charge in [-0.25, -0.2) is 17.8 Å². The first kappa shape index (κ1) is 21.9. The van der Waals surface area contributed by atoms with Crippen molar-refractivity contribution in [3.8, 4) is 21.7 Å². The summed E-state index contributed by atoms with van der Waals surface area (Å²) in [4.78, 5) is 18.2. The quantitative estimate of drug-likeness (QED) is 0.417. The Hall–Kier alpha value is -3.36. The summed E-state index contributed by atoms with van der Waals surface area (Å²) in [7, 11) is -3.32. The van der Waals surface area contributed by atoms with Gasteiger partial charge in [0.1, 0.15) is 5.82 Å². The van der Waals surface area contributed by atoms with E-state index in [1.165, 1.54) is 35.6 Å². The van der Waals surface area contributed by atoms with Crippen molar-refractivity contribution in [2.45, 2.75) is 11.8 Å². The molecule has 0 aliphatic rings. The average Bonchev–Trinajstić information content (AvgIpc) is 3.18. The molecule has 0 saturated heterocycles. The topological polar surface area (TPSA) is 76.1 Å². The number of benzene rings is 3. The molecule has 0 radical (unpaired) electrons. The molecule has 0 aliphatic carbocycles. The standard InChI is InChI=1S/C24H19FN2O3S2/c1-15-3-5-18(6-4-15)23(28)27-24-26-21(16-7-11-19(25)12-8-16)22(31-24)17-9-13-20(14-10-17)32(2,29)30/h3-14H,1-2H3,(H,26,27,28). The number of carbonyl (C=O) groups is 1. The lowest BCUT2D eigenvalue weighted by Gasteiger charge is -2.04. The van der Waals surface area contributed by atoms with Crippen molar-refractivity contribution in [1.29, 1.82) is 0 Å². The molecule has 8 heteroatoms. The summed E-state index contributed by atoms with van der Waals surface area (Å²) in [6.45, 7) is 1.94. The molecule has 4 aromatic rings. The van der Waals surface area contributed by atoms with Gasteiger partial charge in [-0.3, -0.25) is 10.1 Å². The molecule has 0 aliphatic heterocycles. The van der Waals surface area contributed by atoms with Crippen molar-refractivity contribution < 1.29 is 17.6 Å². The molecule has 0 fully saturated rings. The number of halogens is 1. The predicted molar refractivity (Wildman–Crippen MR) is 125 cm³/mol. The van der Waals surface area contributed by atoms with E-state index in [-0.39, 0.29) is 16.6 Å². The number of hydrogen-bond donors (Lipinski definition) is 1. The Morgan fingerprint density at radius 1 is 0.906 bits per heavy atom.